The molecule has 5 heteroatoms. The van der Waals surface area contributed by atoms with Crippen LogP contribution in [0.25, 0.3) is 0 Å². The number of carbonyl (C=O) groups is 1. The molecule has 4 N–H and O–H groups in total. The zero-order valence-corrected chi connectivity index (χ0v) is 9.16. The van der Waals surface area contributed by atoms with Crippen LogP contribution in [0.3, 0.4) is 0 Å². The van der Waals surface area contributed by atoms with E-state index < -0.39 is 6.04 Å². The largest absolute Gasteiger partial charge is 0.396 e. The molecular formula is C10H20N2O3. The first-order valence-electron chi connectivity index (χ1n) is 5.27. The third-order valence-corrected chi connectivity index (χ3v) is 2.90. The Morgan fingerprint density at radius 2 is 2.33 bits per heavy atom. The van der Waals surface area contributed by atoms with Crippen molar-refractivity contribution in [1.29, 1.82) is 0 Å². The Morgan fingerprint density at radius 1 is 1.67 bits per heavy atom. The third-order valence-electron chi connectivity index (χ3n) is 2.90. The van der Waals surface area contributed by atoms with Crippen LogP contribution in [-0.2, 0) is 9.53 Å². The van der Waals surface area contributed by atoms with E-state index in [4.69, 9.17) is 15.6 Å². The van der Waals surface area contributed by atoms with Crippen LogP contribution in [0, 0.1) is 5.41 Å². The van der Waals surface area contributed by atoms with Gasteiger partial charge in [-0.3, -0.25) is 4.79 Å². The number of nitrogens with two attached hydrogens (primary N) is 1. The van der Waals surface area contributed by atoms with E-state index in [1.54, 1.807) is 7.11 Å². The molecule has 1 saturated carbocycles. The molecule has 0 spiro atoms. The molecule has 0 saturated heterocycles. The standard InChI is InChI=1S/C10H20N2O3/c1-15-5-2-8(11)9(14)12-6-10(7-13)3-4-10/h8,13H,2-7,11H2,1H3,(H,12,14). The molecule has 1 aliphatic rings. The van der Waals surface area contributed by atoms with Crippen LogP contribution in [0.4, 0.5) is 0 Å². The summed E-state index contributed by atoms with van der Waals surface area (Å²) in [4.78, 5) is 11.5. The van der Waals surface area contributed by atoms with E-state index in [1.807, 2.05) is 0 Å². The maximum Gasteiger partial charge on any atom is 0.237 e. The van der Waals surface area contributed by atoms with Gasteiger partial charge in [-0.2, -0.15) is 0 Å². The summed E-state index contributed by atoms with van der Waals surface area (Å²) in [5.41, 5.74) is 5.58. The molecule has 0 aromatic rings. The summed E-state index contributed by atoms with van der Waals surface area (Å²) < 4.78 is 4.84. The highest BCUT2D eigenvalue weighted by Crippen LogP contribution is 2.44. The number of amides is 1. The van der Waals surface area contributed by atoms with Crippen molar-refractivity contribution in [2.45, 2.75) is 25.3 Å². The lowest BCUT2D eigenvalue weighted by atomic mass is 10.1. The molecular weight excluding hydrogens is 196 g/mol. The highest BCUT2D eigenvalue weighted by atomic mass is 16.5. The first kappa shape index (κ1) is 12.4. The van der Waals surface area contributed by atoms with E-state index in [2.05, 4.69) is 5.32 Å². The SMILES string of the molecule is COCCC(N)C(=O)NCC1(CO)CC1. The average molecular weight is 216 g/mol. The van der Waals surface area contributed by atoms with Gasteiger partial charge in [-0.05, 0) is 19.3 Å². The highest BCUT2D eigenvalue weighted by Gasteiger charge is 2.42. The zero-order valence-electron chi connectivity index (χ0n) is 9.16. The first-order chi connectivity index (χ1) is 7.13. The van der Waals surface area contributed by atoms with E-state index in [0.29, 0.717) is 19.6 Å². The Hall–Kier alpha value is -0.650. The normalized spacial score (nSPS) is 19.7. The quantitative estimate of drug-likeness (QED) is 0.522. The molecule has 15 heavy (non-hydrogen) atoms. The van der Waals surface area contributed by atoms with Crippen LogP contribution < -0.4 is 11.1 Å². The molecule has 0 bridgehead atoms. The number of carbonyl (C=O) groups excluding carboxylic acids is 1. The van der Waals surface area contributed by atoms with Crippen LogP contribution in [0.15, 0.2) is 0 Å². The van der Waals surface area contributed by atoms with Crippen molar-refractivity contribution in [3.8, 4) is 0 Å². The monoisotopic (exact) mass is 216 g/mol. The smallest absolute Gasteiger partial charge is 0.237 e. The number of nitrogens with one attached hydrogen (secondary N) is 1. The maximum atomic E-state index is 11.5. The lowest BCUT2D eigenvalue weighted by Gasteiger charge is -2.15. The topological polar surface area (TPSA) is 84.6 Å². The van der Waals surface area contributed by atoms with Crippen molar-refractivity contribution in [3.05, 3.63) is 0 Å². The van der Waals surface area contributed by atoms with Gasteiger partial charge in [0.25, 0.3) is 0 Å². The predicted octanol–water partition coefficient (Wildman–Crippen LogP) is -0.761. The van der Waals surface area contributed by atoms with E-state index in [0.717, 1.165) is 12.8 Å². The minimum Gasteiger partial charge on any atom is -0.396 e. The van der Waals surface area contributed by atoms with Gasteiger partial charge in [-0.15, -0.1) is 0 Å². The number of hydrogen-bond acceptors (Lipinski definition) is 4. The van der Waals surface area contributed by atoms with Gasteiger partial charge in [0.15, 0.2) is 0 Å². The fourth-order valence-corrected chi connectivity index (χ4v) is 1.35. The first-order valence-corrected chi connectivity index (χ1v) is 5.27. The van der Waals surface area contributed by atoms with Crippen LogP contribution in [0.1, 0.15) is 19.3 Å². The molecule has 1 amide bonds. The second-order valence-electron chi connectivity index (χ2n) is 4.26. The second kappa shape index (κ2) is 5.44. The maximum absolute atomic E-state index is 11.5. The Balaban J connectivity index is 2.17. The predicted molar refractivity (Wildman–Crippen MR) is 56.2 cm³/mol. The second-order valence-corrected chi connectivity index (χ2v) is 4.26. The lowest BCUT2D eigenvalue weighted by molar-refractivity contribution is -0.123. The Labute approximate surface area is 90.0 Å². The molecule has 1 aliphatic carbocycles. The van der Waals surface area contributed by atoms with Gasteiger partial charge in [0, 0.05) is 25.7 Å². The summed E-state index contributed by atoms with van der Waals surface area (Å²) in [6.07, 6.45) is 2.49. The molecule has 5 nitrogen and oxygen atoms in total. The lowest BCUT2D eigenvalue weighted by Crippen LogP contribution is -2.43. The summed E-state index contributed by atoms with van der Waals surface area (Å²) in [5.74, 6) is -0.160. The van der Waals surface area contributed by atoms with Crippen LogP contribution in [-0.4, -0.2) is 43.9 Å². The molecule has 88 valence electrons. The molecule has 0 aromatic heterocycles. The van der Waals surface area contributed by atoms with Gasteiger partial charge in [0.2, 0.25) is 5.91 Å². The number of ether oxygens (including phenoxy) is 1. The molecule has 1 rings (SSSR count). The van der Waals surface area contributed by atoms with Crippen molar-refractivity contribution in [2.24, 2.45) is 11.1 Å². The zero-order chi connectivity index (χ0) is 11.3. The van der Waals surface area contributed by atoms with Crippen molar-refractivity contribution in [2.75, 3.05) is 26.9 Å². The summed E-state index contributed by atoms with van der Waals surface area (Å²) in [5, 5.41) is 11.8. The van der Waals surface area contributed by atoms with E-state index >= 15 is 0 Å². The van der Waals surface area contributed by atoms with Crippen LogP contribution >= 0.6 is 0 Å². The number of hydrogen-bond donors (Lipinski definition) is 3. The van der Waals surface area contributed by atoms with E-state index in [1.165, 1.54) is 0 Å². The Kier molecular flexibility index (Phi) is 4.50. The molecule has 1 unspecified atom stereocenters. The Morgan fingerprint density at radius 3 is 2.80 bits per heavy atom. The van der Waals surface area contributed by atoms with Gasteiger partial charge in [0.1, 0.15) is 0 Å². The van der Waals surface area contributed by atoms with Crippen LogP contribution in [0.2, 0.25) is 0 Å². The minimum absolute atomic E-state index is 0.0589. The fourth-order valence-electron chi connectivity index (χ4n) is 1.35. The van der Waals surface area contributed by atoms with Gasteiger partial charge in [0.05, 0.1) is 12.6 Å². The van der Waals surface area contributed by atoms with Gasteiger partial charge >= 0.3 is 0 Å². The third kappa shape index (κ3) is 3.77. The highest BCUT2D eigenvalue weighted by molar-refractivity contribution is 5.81. The number of aliphatic hydroxyl groups is 1. The molecule has 1 fully saturated rings. The fraction of sp³-hybridized carbons (Fsp3) is 0.900. The van der Waals surface area contributed by atoms with Crippen LogP contribution in [0.5, 0.6) is 0 Å². The molecule has 0 heterocycles. The van der Waals surface area contributed by atoms with E-state index in [9.17, 15) is 4.79 Å². The average Bonchev–Trinajstić information content (AvgIpc) is 3.03. The molecule has 0 aliphatic heterocycles. The van der Waals surface area contributed by atoms with Crippen molar-refractivity contribution >= 4 is 5.91 Å². The van der Waals surface area contributed by atoms with Crippen molar-refractivity contribution < 1.29 is 14.6 Å². The number of methoxy groups -OCH3 is 1. The van der Waals surface area contributed by atoms with Crippen molar-refractivity contribution in [1.82, 2.24) is 5.32 Å². The molecule has 0 aromatic carbocycles. The number of aliphatic hydroxyl groups excluding tert-OH is 1. The van der Waals surface area contributed by atoms with E-state index in [-0.39, 0.29) is 17.9 Å². The van der Waals surface area contributed by atoms with Gasteiger partial charge in [-0.1, -0.05) is 0 Å². The van der Waals surface area contributed by atoms with Gasteiger partial charge in [-0.25, -0.2) is 0 Å². The summed E-state index contributed by atoms with van der Waals surface area (Å²) >= 11 is 0. The van der Waals surface area contributed by atoms with Gasteiger partial charge < -0.3 is 20.9 Å². The minimum atomic E-state index is -0.514. The molecule has 1 atom stereocenters. The summed E-state index contributed by atoms with van der Waals surface area (Å²) in [6.45, 7) is 1.16. The number of rotatable bonds is 7. The molecule has 0 radical (unpaired) electrons. The summed E-state index contributed by atoms with van der Waals surface area (Å²) in [7, 11) is 1.58. The summed E-state index contributed by atoms with van der Waals surface area (Å²) in [6, 6.07) is -0.514. The van der Waals surface area contributed by atoms with Crippen molar-refractivity contribution in [3.63, 3.8) is 0 Å². The Bertz CT molecular complexity index is 217.